The van der Waals surface area contributed by atoms with E-state index < -0.39 is 0 Å². The number of nitrogens with one attached hydrogen (secondary N) is 1. The minimum Gasteiger partial charge on any atom is -0.378 e. The maximum atomic E-state index is 12.6. The van der Waals surface area contributed by atoms with Gasteiger partial charge in [0.15, 0.2) is 0 Å². The average Bonchev–Trinajstić information content (AvgIpc) is 3.28. The zero-order chi connectivity index (χ0) is 18.5. The summed E-state index contributed by atoms with van der Waals surface area (Å²) in [5.74, 6) is -0.0640. The summed E-state index contributed by atoms with van der Waals surface area (Å²) in [7, 11) is 0. The summed E-state index contributed by atoms with van der Waals surface area (Å²) in [5, 5.41) is 3.05. The van der Waals surface area contributed by atoms with Gasteiger partial charge in [-0.1, -0.05) is 18.2 Å². The number of rotatable bonds is 5. The van der Waals surface area contributed by atoms with Crippen LogP contribution in [0, 0.1) is 0 Å². The fourth-order valence-corrected chi connectivity index (χ4v) is 3.34. The van der Waals surface area contributed by atoms with Gasteiger partial charge >= 0.3 is 0 Å². The topological polar surface area (TPSA) is 46.5 Å². The number of nitrogens with zero attached hydrogens (tertiary/aromatic N) is 2. The Morgan fingerprint density at radius 3 is 2.37 bits per heavy atom. The molecule has 1 amide bonds. The number of para-hydroxylation sites is 1. The molecular weight excluding hydrogens is 338 g/mol. The highest BCUT2D eigenvalue weighted by atomic mass is 16.5. The smallest absolute Gasteiger partial charge is 0.251 e. The van der Waals surface area contributed by atoms with E-state index in [2.05, 4.69) is 22.3 Å². The van der Waals surface area contributed by atoms with Crippen LogP contribution < -0.4 is 10.2 Å². The summed E-state index contributed by atoms with van der Waals surface area (Å²) in [4.78, 5) is 14.9. The molecule has 0 saturated carbocycles. The number of hydrogen-bond donors (Lipinski definition) is 1. The molecule has 0 aliphatic carbocycles. The molecule has 1 aliphatic heterocycles. The van der Waals surface area contributed by atoms with Crippen molar-refractivity contribution in [2.24, 2.45) is 0 Å². The normalized spacial score (nSPS) is 14.1. The Bertz CT molecular complexity index is 882. The number of morpholine rings is 1. The summed E-state index contributed by atoms with van der Waals surface area (Å²) in [6.07, 6.45) is 3.97. The molecule has 4 rings (SSSR count). The van der Waals surface area contributed by atoms with E-state index in [-0.39, 0.29) is 5.91 Å². The van der Waals surface area contributed by atoms with E-state index in [0.29, 0.717) is 12.1 Å². The second kappa shape index (κ2) is 8.10. The molecule has 138 valence electrons. The molecule has 2 aromatic carbocycles. The minimum atomic E-state index is -0.0640. The molecule has 1 aliphatic rings. The quantitative estimate of drug-likeness (QED) is 0.759. The van der Waals surface area contributed by atoms with Crippen molar-refractivity contribution < 1.29 is 9.53 Å². The molecule has 27 heavy (non-hydrogen) atoms. The molecule has 0 atom stereocenters. The number of benzene rings is 2. The number of carbonyl (C=O) groups excluding carboxylic acids is 1. The molecule has 1 saturated heterocycles. The van der Waals surface area contributed by atoms with Gasteiger partial charge in [-0.05, 0) is 48.0 Å². The Balaban J connectivity index is 1.42. The van der Waals surface area contributed by atoms with Crippen molar-refractivity contribution >= 4 is 11.6 Å². The van der Waals surface area contributed by atoms with Crippen LogP contribution in [0.4, 0.5) is 5.69 Å². The number of amides is 1. The number of carbonyl (C=O) groups is 1. The highest BCUT2D eigenvalue weighted by Crippen LogP contribution is 2.21. The van der Waals surface area contributed by atoms with Gasteiger partial charge in [0, 0.05) is 49.0 Å². The third-order valence-electron chi connectivity index (χ3n) is 4.81. The van der Waals surface area contributed by atoms with Crippen molar-refractivity contribution in [1.82, 2.24) is 9.88 Å². The van der Waals surface area contributed by atoms with Crippen LogP contribution in [-0.2, 0) is 11.3 Å². The van der Waals surface area contributed by atoms with E-state index in [1.165, 1.54) is 5.69 Å². The molecule has 1 aromatic heterocycles. The van der Waals surface area contributed by atoms with Gasteiger partial charge in [-0.25, -0.2) is 0 Å². The molecule has 1 fully saturated rings. The van der Waals surface area contributed by atoms with Crippen molar-refractivity contribution in [3.63, 3.8) is 0 Å². The molecule has 0 bridgehead atoms. The number of hydrogen-bond acceptors (Lipinski definition) is 3. The summed E-state index contributed by atoms with van der Waals surface area (Å²) < 4.78 is 7.45. The monoisotopic (exact) mass is 361 g/mol. The van der Waals surface area contributed by atoms with Crippen LogP contribution in [-0.4, -0.2) is 36.8 Å². The van der Waals surface area contributed by atoms with Gasteiger partial charge in [-0.15, -0.1) is 0 Å². The first-order valence-electron chi connectivity index (χ1n) is 9.23. The lowest BCUT2D eigenvalue weighted by atomic mass is 10.1. The van der Waals surface area contributed by atoms with Gasteiger partial charge < -0.3 is 19.5 Å². The Hall–Kier alpha value is -3.05. The third kappa shape index (κ3) is 4.04. The van der Waals surface area contributed by atoms with Crippen LogP contribution in [0.1, 0.15) is 15.9 Å². The molecule has 5 heteroatoms. The van der Waals surface area contributed by atoms with Crippen LogP contribution in [0.2, 0.25) is 0 Å². The first kappa shape index (κ1) is 17.4. The molecule has 0 radical (unpaired) electrons. The molecule has 2 heterocycles. The summed E-state index contributed by atoms with van der Waals surface area (Å²) in [6.45, 7) is 3.76. The summed E-state index contributed by atoms with van der Waals surface area (Å²) >= 11 is 0. The van der Waals surface area contributed by atoms with Crippen LogP contribution in [0.25, 0.3) is 5.69 Å². The largest absolute Gasteiger partial charge is 0.378 e. The standard InChI is InChI=1S/C22H23N3O2/c26-22(18-7-9-20(10-8-18)24-11-3-4-12-24)23-17-19-5-1-2-6-21(19)25-13-15-27-16-14-25/h1-12H,13-17H2,(H,23,26). The van der Waals surface area contributed by atoms with E-state index in [1.54, 1.807) is 0 Å². The fraction of sp³-hybridized carbons (Fsp3) is 0.227. The second-order valence-electron chi connectivity index (χ2n) is 6.55. The third-order valence-corrected chi connectivity index (χ3v) is 4.81. The molecule has 3 aromatic rings. The second-order valence-corrected chi connectivity index (χ2v) is 6.55. The van der Waals surface area contributed by atoms with E-state index in [1.807, 2.05) is 65.5 Å². The highest BCUT2D eigenvalue weighted by Gasteiger charge is 2.15. The zero-order valence-corrected chi connectivity index (χ0v) is 15.2. The lowest BCUT2D eigenvalue weighted by Crippen LogP contribution is -2.37. The number of aromatic nitrogens is 1. The van der Waals surface area contributed by atoms with Crippen molar-refractivity contribution in [3.8, 4) is 5.69 Å². The Kier molecular flexibility index (Phi) is 5.21. The van der Waals surface area contributed by atoms with Crippen molar-refractivity contribution in [1.29, 1.82) is 0 Å². The first-order valence-corrected chi connectivity index (χ1v) is 9.23. The van der Waals surface area contributed by atoms with Crippen LogP contribution >= 0.6 is 0 Å². The predicted octanol–water partition coefficient (Wildman–Crippen LogP) is 3.24. The zero-order valence-electron chi connectivity index (χ0n) is 15.2. The van der Waals surface area contributed by atoms with E-state index in [9.17, 15) is 4.79 Å². The van der Waals surface area contributed by atoms with Crippen LogP contribution in [0.15, 0.2) is 73.1 Å². The number of ether oxygens (including phenoxy) is 1. The van der Waals surface area contributed by atoms with Gasteiger partial charge in [0.25, 0.3) is 5.91 Å². The Morgan fingerprint density at radius 2 is 1.63 bits per heavy atom. The lowest BCUT2D eigenvalue weighted by molar-refractivity contribution is 0.0950. The summed E-state index contributed by atoms with van der Waals surface area (Å²) in [6, 6.07) is 19.8. The van der Waals surface area contributed by atoms with E-state index >= 15 is 0 Å². The minimum absolute atomic E-state index is 0.0640. The fourth-order valence-electron chi connectivity index (χ4n) is 3.34. The van der Waals surface area contributed by atoms with Gasteiger partial charge in [0.1, 0.15) is 0 Å². The first-order chi connectivity index (χ1) is 13.3. The van der Waals surface area contributed by atoms with E-state index in [0.717, 1.165) is 37.6 Å². The van der Waals surface area contributed by atoms with Gasteiger partial charge in [-0.2, -0.15) is 0 Å². The maximum absolute atomic E-state index is 12.6. The SMILES string of the molecule is O=C(NCc1ccccc1N1CCOCC1)c1ccc(-n2cccc2)cc1. The van der Waals surface area contributed by atoms with Crippen molar-refractivity contribution in [3.05, 3.63) is 84.2 Å². The molecule has 0 spiro atoms. The molecular formula is C22H23N3O2. The molecule has 5 nitrogen and oxygen atoms in total. The maximum Gasteiger partial charge on any atom is 0.251 e. The summed E-state index contributed by atoms with van der Waals surface area (Å²) in [5.41, 5.74) is 3.99. The van der Waals surface area contributed by atoms with Crippen LogP contribution in [0.5, 0.6) is 0 Å². The molecule has 1 N–H and O–H groups in total. The molecule has 0 unspecified atom stereocenters. The highest BCUT2D eigenvalue weighted by molar-refractivity contribution is 5.94. The Morgan fingerprint density at radius 1 is 0.926 bits per heavy atom. The average molecular weight is 361 g/mol. The van der Waals surface area contributed by atoms with Crippen molar-refractivity contribution in [2.75, 3.05) is 31.2 Å². The lowest BCUT2D eigenvalue weighted by Gasteiger charge is -2.30. The van der Waals surface area contributed by atoms with E-state index in [4.69, 9.17) is 4.74 Å². The van der Waals surface area contributed by atoms with Gasteiger partial charge in [-0.3, -0.25) is 4.79 Å². The number of anilines is 1. The van der Waals surface area contributed by atoms with Gasteiger partial charge in [0.05, 0.1) is 13.2 Å². The van der Waals surface area contributed by atoms with Crippen molar-refractivity contribution in [2.45, 2.75) is 6.54 Å². The van der Waals surface area contributed by atoms with Gasteiger partial charge in [0.2, 0.25) is 0 Å². The van der Waals surface area contributed by atoms with Crippen LogP contribution in [0.3, 0.4) is 0 Å². The Labute approximate surface area is 159 Å². The predicted molar refractivity (Wildman–Crippen MR) is 106 cm³/mol.